The second-order valence-electron chi connectivity index (χ2n) is 5.25. The van der Waals surface area contributed by atoms with Gasteiger partial charge in [0.05, 0.1) is 17.1 Å². The number of benzene rings is 1. The summed E-state index contributed by atoms with van der Waals surface area (Å²) in [5.74, 6) is 6.11. The SMILES string of the molecule is CC(NC1CSCCSC1)c1nc2ccccc2n1C. The first-order valence-corrected chi connectivity index (χ1v) is 9.39. The normalized spacial score (nSPS) is 19.1. The van der Waals surface area contributed by atoms with Crippen LogP contribution in [0.3, 0.4) is 0 Å². The maximum absolute atomic E-state index is 4.79. The largest absolute Gasteiger partial charge is 0.330 e. The molecule has 0 saturated carbocycles. The zero-order valence-electron chi connectivity index (χ0n) is 12.0. The fourth-order valence-electron chi connectivity index (χ4n) is 2.69. The molecule has 2 heterocycles. The van der Waals surface area contributed by atoms with Crippen LogP contribution in [-0.4, -0.2) is 38.6 Å². The number of aromatic nitrogens is 2. The molecule has 0 bridgehead atoms. The molecule has 0 spiro atoms. The van der Waals surface area contributed by atoms with Crippen LogP contribution >= 0.6 is 23.5 Å². The van der Waals surface area contributed by atoms with Gasteiger partial charge in [-0.25, -0.2) is 4.98 Å². The van der Waals surface area contributed by atoms with Crippen molar-refractivity contribution in [1.29, 1.82) is 0 Å². The van der Waals surface area contributed by atoms with Gasteiger partial charge >= 0.3 is 0 Å². The molecule has 1 unspecified atom stereocenters. The molecule has 1 aromatic carbocycles. The molecule has 1 aliphatic rings. The van der Waals surface area contributed by atoms with Gasteiger partial charge in [-0.3, -0.25) is 0 Å². The predicted molar refractivity (Wildman–Crippen MR) is 90.7 cm³/mol. The Kier molecular flexibility index (Phi) is 4.58. The van der Waals surface area contributed by atoms with E-state index in [2.05, 4.69) is 71.6 Å². The number of aryl methyl sites for hydroxylation is 1. The molecule has 1 aliphatic heterocycles. The average Bonchev–Trinajstić information content (AvgIpc) is 2.64. The van der Waals surface area contributed by atoms with Crippen LogP contribution in [-0.2, 0) is 7.05 Å². The van der Waals surface area contributed by atoms with Gasteiger partial charge in [0.1, 0.15) is 5.82 Å². The summed E-state index contributed by atoms with van der Waals surface area (Å²) in [5.41, 5.74) is 2.30. The van der Waals surface area contributed by atoms with Crippen LogP contribution < -0.4 is 5.32 Å². The molecule has 3 nitrogen and oxygen atoms in total. The minimum Gasteiger partial charge on any atom is -0.330 e. The Labute approximate surface area is 128 Å². The highest BCUT2D eigenvalue weighted by atomic mass is 32.2. The average molecular weight is 307 g/mol. The summed E-state index contributed by atoms with van der Waals surface area (Å²) >= 11 is 4.12. The van der Waals surface area contributed by atoms with E-state index in [1.165, 1.54) is 28.5 Å². The summed E-state index contributed by atoms with van der Waals surface area (Å²) < 4.78 is 2.21. The van der Waals surface area contributed by atoms with E-state index < -0.39 is 0 Å². The Balaban J connectivity index is 1.77. The lowest BCUT2D eigenvalue weighted by Crippen LogP contribution is -2.36. The molecule has 1 fully saturated rings. The van der Waals surface area contributed by atoms with E-state index in [0.717, 1.165) is 11.3 Å². The lowest BCUT2D eigenvalue weighted by atomic mass is 10.2. The molecule has 1 saturated heterocycles. The molecule has 2 aromatic rings. The Morgan fingerprint density at radius 3 is 2.65 bits per heavy atom. The van der Waals surface area contributed by atoms with E-state index in [0.29, 0.717) is 6.04 Å². The van der Waals surface area contributed by atoms with Crippen LogP contribution in [0.1, 0.15) is 18.8 Å². The first-order chi connectivity index (χ1) is 9.75. The molecular weight excluding hydrogens is 286 g/mol. The standard InChI is InChI=1S/C15H21N3S2/c1-11(16-12-9-19-7-8-20-10-12)15-17-13-5-3-4-6-14(13)18(15)2/h3-6,11-12,16H,7-10H2,1-2H3. The van der Waals surface area contributed by atoms with Gasteiger partial charge in [-0.05, 0) is 19.1 Å². The molecule has 20 heavy (non-hydrogen) atoms. The second kappa shape index (κ2) is 6.41. The lowest BCUT2D eigenvalue weighted by molar-refractivity contribution is 0.487. The smallest absolute Gasteiger partial charge is 0.126 e. The minimum absolute atomic E-state index is 0.289. The van der Waals surface area contributed by atoms with E-state index in [1.807, 2.05) is 0 Å². The van der Waals surface area contributed by atoms with E-state index in [9.17, 15) is 0 Å². The molecule has 0 radical (unpaired) electrons. The fourth-order valence-corrected chi connectivity index (χ4v) is 5.12. The zero-order valence-corrected chi connectivity index (χ0v) is 13.6. The van der Waals surface area contributed by atoms with Crippen molar-refractivity contribution in [3.05, 3.63) is 30.1 Å². The Hall–Kier alpha value is -0.650. The number of fused-ring (bicyclic) bond motifs is 1. The van der Waals surface area contributed by atoms with E-state index in [1.54, 1.807) is 0 Å². The molecule has 108 valence electrons. The second-order valence-corrected chi connectivity index (χ2v) is 7.55. The van der Waals surface area contributed by atoms with Gasteiger partial charge in [-0.15, -0.1) is 0 Å². The number of nitrogens with one attached hydrogen (secondary N) is 1. The Bertz CT molecular complexity index is 574. The number of imidazole rings is 1. The lowest BCUT2D eigenvalue weighted by Gasteiger charge is -2.21. The van der Waals surface area contributed by atoms with E-state index >= 15 is 0 Å². The van der Waals surface area contributed by atoms with Gasteiger partial charge in [0.2, 0.25) is 0 Å². The molecule has 0 amide bonds. The summed E-state index contributed by atoms with van der Waals surface area (Å²) in [7, 11) is 2.11. The number of rotatable bonds is 3. The van der Waals surface area contributed by atoms with Gasteiger partial charge < -0.3 is 9.88 Å². The van der Waals surface area contributed by atoms with Crippen molar-refractivity contribution >= 4 is 34.6 Å². The summed E-state index contributed by atoms with van der Waals surface area (Å²) in [6.45, 7) is 2.22. The minimum atomic E-state index is 0.289. The van der Waals surface area contributed by atoms with Crippen LogP contribution in [0, 0.1) is 0 Å². The van der Waals surface area contributed by atoms with Crippen LogP contribution in [0.25, 0.3) is 11.0 Å². The van der Waals surface area contributed by atoms with Gasteiger partial charge in [-0.1, -0.05) is 12.1 Å². The van der Waals surface area contributed by atoms with Crippen molar-refractivity contribution in [2.75, 3.05) is 23.0 Å². The summed E-state index contributed by atoms with van der Waals surface area (Å²) in [6.07, 6.45) is 0. The van der Waals surface area contributed by atoms with Gasteiger partial charge in [-0.2, -0.15) is 23.5 Å². The Morgan fingerprint density at radius 2 is 1.95 bits per heavy atom. The van der Waals surface area contributed by atoms with Gasteiger partial charge in [0.15, 0.2) is 0 Å². The van der Waals surface area contributed by atoms with Gasteiger partial charge in [0.25, 0.3) is 0 Å². The molecule has 5 heteroatoms. The molecule has 0 aliphatic carbocycles. The quantitative estimate of drug-likeness (QED) is 0.944. The van der Waals surface area contributed by atoms with Crippen LogP contribution in [0.4, 0.5) is 0 Å². The number of hydrogen-bond acceptors (Lipinski definition) is 4. The first kappa shape index (κ1) is 14.3. The highest BCUT2D eigenvalue weighted by Crippen LogP contribution is 2.22. The van der Waals surface area contributed by atoms with Crippen LogP contribution in [0.15, 0.2) is 24.3 Å². The van der Waals surface area contributed by atoms with Crippen molar-refractivity contribution in [2.24, 2.45) is 7.05 Å². The molecule has 3 rings (SSSR count). The maximum Gasteiger partial charge on any atom is 0.126 e. The Morgan fingerprint density at radius 1 is 1.25 bits per heavy atom. The maximum atomic E-state index is 4.79. The molecule has 1 aromatic heterocycles. The topological polar surface area (TPSA) is 29.9 Å². The van der Waals surface area contributed by atoms with E-state index in [4.69, 9.17) is 4.98 Å². The fraction of sp³-hybridized carbons (Fsp3) is 0.533. The third-order valence-electron chi connectivity index (χ3n) is 3.70. The number of nitrogens with zero attached hydrogens (tertiary/aromatic N) is 2. The zero-order chi connectivity index (χ0) is 13.9. The first-order valence-electron chi connectivity index (χ1n) is 7.08. The van der Waals surface area contributed by atoms with Crippen molar-refractivity contribution < 1.29 is 0 Å². The molecule has 1 N–H and O–H groups in total. The van der Waals surface area contributed by atoms with E-state index in [-0.39, 0.29) is 6.04 Å². The van der Waals surface area contributed by atoms with Crippen LogP contribution in [0.2, 0.25) is 0 Å². The number of para-hydroxylation sites is 2. The van der Waals surface area contributed by atoms with Crippen molar-refractivity contribution in [3.8, 4) is 0 Å². The number of hydrogen-bond donors (Lipinski definition) is 1. The van der Waals surface area contributed by atoms with Crippen molar-refractivity contribution in [3.63, 3.8) is 0 Å². The number of thioether (sulfide) groups is 2. The highest BCUT2D eigenvalue weighted by molar-refractivity contribution is 8.03. The third-order valence-corrected chi connectivity index (χ3v) is 6.22. The monoisotopic (exact) mass is 307 g/mol. The van der Waals surface area contributed by atoms with Crippen molar-refractivity contribution in [2.45, 2.75) is 19.0 Å². The third kappa shape index (κ3) is 3.00. The summed E-state index contributed by atoms with van der Waals surface area (Å²) in [6, 6.07) is 9.22. The van der Waals surface area contributed by atoms with Crippen LogP contribution in [0.5, 0.6) is 0 Å². The van der Waals surface area contributed by atoms with Gasteiger partial charge in [0, 0.05) is 36.1 Å². The molecular formula is C15H21N3S2. The molecule has 1 atom stereocenters. The predicted octanol–water partition coefficient (Wildman–Crippen LogP) is 3.07. The summed E-state index contributed by atoms with van der Waals surface area (Å²) in [4.78, 5) is 4.79. The summed E-state index contributed by atoms with van der Waals surface area (Å²) in [5, 5.41) is 3.75. The highest BCUT2D eigenvalue weighted by Gasteiger charge is 2.19. The van der Waals surface area contributed by atoms with Crippen molar-refractivity contribution in [1.82, 2.24) is 14.9 Å².